The van der Waals surface area contributed by atoms with E-state index >= 15 is 0 Å². The van der Waals surface area contributed by atoms with Crippen LogP contribution in [0.1, 0.15) is 58.8 Å². The predicted molar refractivity (Wildman–Crippen MR) is 83.0 cm³/mol. The van der Waals surface area contributed by atoms with Crippen molar-refractivity contribution in [3.63, 3.8) is 0 Å². The zero-order valence-electron chi connectivity index (χ0n) is 13.1. The van der Waals surface area contributed by atoms with Crippen molar-refractivity contribution in [2.24, 2.45) is 11.3 Å². The van der Waals surface area contributed by atoms with Gasteiger partial charge in [0.1, 0.15) is 16.8 Å². The maximum Gasteiger partial charge on any atom is 0.137 e. The lowest BCUT2D eigenvalue weighted by Crippen LogP contribution is -2.25. The van der Waals surface area contributed by atoms with Crippen molar-refractivity contribution in [2.45, 2.75) is 54.4 Å². The molecule has 3 nitrogen and oxygen atoms in total. The lowest BCUT2D eigenvalue weighted by atomic mass is 9.82. The zero-order chi connectivity index (χ0) is 14.8. The van der Waals surface area contributed by atoms with Gasteiger partial charge >= 0.3 is 0 Å². The molecule has 0 amide bonds. The molecule has 0 aliphatic rings. The van der Waals surface area contributed by atoms with Crippen LogP contribution < -0.4 is 5.32 Å². The Morgan fingerprint density at radius 1 is 1.16 bits per heavy atom. The summed E-state index contributed by atoms with van der Waals surface area (Å²) in [5, 5.41) is 3.97. The number of aromatic nitrogens is 2. The summed E-state index contributed by atoms with van der Waals surface area (Å²) in [5.74, 6) is 2.48. The highest BCUT2D eigenvalue weighted by molar-refractivity contribution is 6.30. The first-order valence-electron chi connectivity index (χ1n) is 6.90. The van der Waals surface area contributed by atoms with Crippen molar-refractivity contribution in [1.82, 2.24) is 9.97 Å². The number of rotatable bonds is 4. The second-order valence-electron chi connectivity index (χ2n) is 6.65. The third-order valence-electron chi connectivity index (χ3n) is 3.67. The summed E-state index contributed by atoms with van der Waals surface area (Å²) in [6, 6.07) is 0. The van der Waals surface area contributed by atoms with Crippen molar-refractivity contribution in [2.75, 3.05) is 11.9 Å². The normalized spacial score (nSPS) is 13.7. The minimum atomic E-state index is 0.276. The van der Waals surface area contributed by atoms with Gasteiger partial charge in [0.2, 0.25) is 0 Å². The molecule has 0 radical (unpaired) electrons. The number of nitrogens with zero attached hydrogens (tertiary/aromatic N) is 2. The highest BCUT2D eigenvalue weighted by Gasteiger charge is 2.20. The number of hydrogen-bond acceptors (Lipinski definition) is 3. The first-order valence-corrected chi connectivity index (χ1v) is 7.28. The summed E-state index contributed by atoms with van der Waals surface area (Å²) >= 11 is 6.18. The van der Waals surface area contributed by atoms with Crippen molar-refractivity contribution >= 4 is 17.4 Å². The third kappa shape index (κ3) is 4.34. The molecular weight excluding hydrogens is 258 g/mol. The molecule has 4 heteroatoms. The van der Waals surface area contributed by atoms with Gasteiger partial charge in [0.25, 0.3) is 0 Å². The summed E-state index contributed by atoms with van der Waals surface area (Å²) in [5.41, 5.74) is 1.20. The van der Waals surface area contributed by atoms with Gasteiger partial charge in [-0.3, -0.25) is 0 Å². The van der Waals surface area contributed by atoms with E-state index in [0.29, 0.717) is 11.1 Å². The Bertz CT molecular complexity index is 436. The van der Waals surface area contributed by atoms with Gasteiger partial charge in [0, 0.05) is 18.0 Å². The smallest absolute Gasteiger partial charge is 0.137 e. The quantitative estimate of drug-likeness (QED) is 0.817. The Balaban J connectivity index is 2.89. The standard InChI is InChI=1S/C15H26ClN3/c1-9(2)13-18-12(16)11(4)14(19-13)17-8-10(3)15(5,6)7/h9-10H,8H2,1-7H3,(H,17,18,19). The molecule has 1 aromatic heterocycles. The lowest BCUT2D eigenvalue weighted by Gasteiger charge is -2.28. The van der Waals surface area contributed by atoms with E-state index in [-0.39, 0.29) is 11.3 Å². The zero-order valence-corrected chi connectivity index (χ0v) is 13.9. The minimum absolute atomic E-state index is 0.276. The molecule has 0 saturated carbocycles. The van der Waals surface area contributed by atoms with E-state index in [1.54, 1.807) is 0 Å². The van der Waals surface area contributed by atoms with E-state index in [0.717, 1.165) is 23.8 Å². The topological polar surface area (TPSA) is 37.8 Å². The highest BCUT2D eigenvalue weighted by atomic mass is 35.5. The molecular formula is C15H26ClN3. The molecule has 0 saturated heterocycles. The van der Waals surface area contributed by atoms with E-state index in [2.05, 4.69) is 56.8 Å². The van der Waals surface area contributed by atoms with Gasteiger partial charge < -0.3 is 5.32 Å². The van der Waals surface area contributed by atoms with Gasteiger partial charge in [0.05, 0.1) is 0 Å². The first kappa shape index (κ1) is 16.2. The molecule has 0 bridgehead atoms. The first-order chi connectivity index (χ1) is 8.62. The van der Waals surface area contributed by atoms with Crippen LogP contribution in [0.3, 0.4) is 0 Å². The fourth-order valence-electron chi connectivity index (χ4n) is 1.49. The number of anilines is 1. The van der Waals surface area contributed by atoms with E-state index < -0.39 is 0 Å². The molecule has 108 valence electrons. The molecule has 0 fully saturated rings. The van der Waals surface area contributed by atoms with Gasteiger partial charge in [-0.15, -0.1) is 0 Å². The molecule has 1 aromatic rings. The van der Waals surface area contributed by atoms with Crippen LogP contribution >= 0.6 is 11.6 Å². The largest absolute Gasteiger partial charge is 0.369 e. The average molecular weight is 284 g/mol. The molecule has 1 heterocycles. The van der Waals surface area contributed by atoms with Crippen LogP contribution in [0.25, 0.3) is 0 Å². The number of hydrogen-bond donors (Lipinski definition) is 1. The molecule has 0 aliphatic carbocycles. The second-order valence-corrected chi connectivity index (χ2v) is 7.01. The Kier molecular flexibility index (Phi) is 5.19. The van der Waals surface area contributed by atoms with Gasteiger partial charge in [-0.05, 0) is 18.3 Å². The van der Waals surface area contributed by atoms with E-state index in [1.807, 2.05) is 6.92 Å². The molecule has 19 heavy (non-hydrogen) atoms. The fraction of sp³-hybridized carbons (Fsp3) is 0.733. The monoisotopic (exact) mass is 283 g/mol. The molecule has 1 rings (SSSR count). The summed E-state index contributed by atoms with van der Waals surface area (Å²) in [7, 11) is 0. The maximum absolute atomic E-state index is 6.18. The Morgan fingerprint density at radius 3 is 2.21 bits per heavy atom. The van der Waals surface area contributed by atoms with Gasteiger partial charge in [-0.1, -0.05) is 53.1 Å². The predicted octanol–water partition coefficient (Wildman–Crippen LogP) is 4.66. The van der Waals surface area contributed by atoms with Crippen LogP contribution in [0.5, 0.6) is 0 Å². The molecule has 0 spiro atoms. The van der Waals surface area contributed by atoms with Gasteiger partial charge in [-0.25, -0.2) is 9.97 Å². The average Bonchev–Trinajstić information content (AvgIpc) is 2.28. The molecule has 1 unspecified atom stereocenters. The SMILES string of the molecule is Cc1c(Cl)nc(C(C)C)nc1NCC(C)C(C)(C)C. The Hall–Kier alpha value is -0.830. The molecule has 0 aliphatic heterocycles. The summed E-state index contributed by atoms with van der Waals surface area (Å²) in [6.07, 6.45) is 0. The van der Waals surface area contributed by atoms with Crippen LogP contribution in [0.2, 0.25) is 5.15 Å². The van der Waals surface area contributed by atoms with Crippen LogP contribution in [-0.2, 0) is 0 Å². The van der Waals surface area contributed by atoms with Crippen molar-refractivity contribution in [3.8, 4) is 0 Å². The number of nitrogens with one attached hydrogen (secondary N) is 1. The van der Waals surface area contributed by atoms with Crippen LogP contribution in [0.4, 0.5) is 5.82 Å². The number of halogens is 1. The Morgan fingerprint density at radius 2 is 1.74 bits per heavy atom. The fourth-order valence-corrected chi connectivity index (χ4v) is 1.67. The summed E-state index contributed by atoms with van der Waals surface area (Å²) < 4.78 is 0. The molecule has 0 aromatic carbocycles. The van der Waals surface area contributed by atoms with E-state index in [9.17, 15) is 0 Å². The van der Waals surface area contributed by atoms with Crippen molar-refractivity contribution < 1.29 is 0 Å². The summed E-state index contributed by atoms with van der Waals surface area (Å²) in [6.45, 7) is 16.0. The lowest BCUT2D eigenvalue weighted by molar-refractivity contribution is 0.274. The second kappa shape index (κ2) is 6.08. The van der Waals surface area contributed by atoms with Crippen molar-refractivity contribution in [1.29, 1.82) is 0 Å². The van der Waals surface area contributed by atoms with Gasteiger partial charge in [-0.2, -0.15) is 0 Å². The van der Waals surface area contributed by atoms with E-state index in [1.165, 1.54) is 0 Å². The Labute approximate surface area is 122 Å². The van der Waals surface area contributed by atoms with Crippen molar-refractivity contribution in [3.05, 3.63) is 16.5 Å². The third-order valence-corrected chi connectivity index (χ3v) is 4.04. The minimum Gasteiger partial charge on any atom is -0.369 e. The molecule has 1 atom stereocenters. The van der Waals surface area contributed by atoms with E-state index in [4.69, 9.17) is 11.6 Å². The highest BCUT2D eigenvalue weighted by Crippen LogP contribution is 2.27. The van der Waals surface area contributed by atoms with Crippen LogP contribution in [-0.4, -0.2) is 16.5 Å². The maximum atomic E-state index is 6.18. The van der Waals surface area contributed by atoms with Gasteiger partial charge in [0.15, 0.2) is 0 Å². The molecule has 1 N–H and O–H groups in total. The summed E-state index contributed by atoms with van der Waals surface area (Å²) in [4.78, 5) is 8.90. The van der Waals surface area contributed by atoms with Crippen LogP contribution in [0.15, 0.2) is 0 Å². The van der Waals surface area contributed by atoms with Crippen LogP contribution in [0, 0.1) is 18.3 Å².